The van der Waals surface area contributed by atoms with Crippen LogP contribution in [0.2, 0.25) is 0 Å². The Hall–Kier alpha value is -2.87. The Labute approximate surface area is 141 Å². The molecule has 1 atom stereocenters. The number of carbonyl (C=O) groups is 1. The van der Waals surface area contributed by atoms with Crippen LogP contribution in [0, 0.1) is 11.6 Å². The van der Waals surface area contributed by atoms with Gasteiger partial charge in [-0.05, 0) is 24.3 Å². The number of amides is 1. The fourth-order valence-corrected chi connectivity index (χ4v) is 2.22. The van der Waals surface area contributed by atoms with Crippen LogP contribution in [0.15, 0.2) is 36.4 Å². The molecule has 25 heavy (non-hydrogen) atoms. The predicted molar refractivity (Wildman–Crippen MR) is 82.8 cm³/mol. The van der Waals surface area contributed by atoms with Gasteiger partial charge in [0.15, 0.2) is 11.5 Å². The zero-order valence-corrected chi connectivity index (χ0v) is 13.0. The first-order valence-electron chi connectivity index (χ1n) is 7.46. The van der Waals surface area contributed by atoms with Crippen molar-refractivity contribution >= 4 is 5.91 Å². The maximum absolute atomic E-state index is 13.1. The fraction of sp³-hybridized carbons (Fsp3) is 0.235. The number of carbonyl (C=O) groups excluding carboxylic acids is 1. The summed E-state index contributed by atoms with van der Waals surface area (Å²) < 4.78 is 42.0. The smallest absolute Gasteiger partial charge is 0.251 e. The normalized spacial score (nSPS) is 13.4. The van der Waals surface area contributed by atoms with Gasteiger partial charge in [0.2, 0.25) is 6.79 Å². The Morgan fingerprint density at radius 1 is 1.16 bits per heavy atom. The summed E-state index contributed by atoms with van der Waals surface area (Å²) in [5, 5.41) is 12.2. The predicted octanol–water partition coefficient (Wildman–Crippen LogP) is 1.86. The molecule has 0 aromatic heterocycles. The largest absolute Gasteiger partial charge is 0.491 e. The number of hydrogen-bond acceptors (Lipinski definition) is 5. The van der Waals surface area contributed by atoms with Crippen molar-refractivity contribution in [3.8, 4) is 17.2 Å². The lowest BCUT2D eigenvalue weighted by Crippen LogP contribution is -2.35. The zero-order valence-electron chi connectivity index (χ0n) is 13.0. The molecule has 2 N–H and O–H groups in total. The lowest BCUT2D eigenvalue weighted by atomic mass is 10.2. The van der Waals surface area contributed by atoms with Gasteiger partial charge in [-0.25, -0.2) is 8.78 Å². The highest BCUT2D eigenvalue weighted by Gasteiger charge is 2.15. The Kier molecular flexibility index (Phi) is 4.99. The van der Waals surface area contributed by atoms with E-state index in [1.807, 2.05) is 0 Å². The molecule has 0 saturated carbocycles. The molecular formula is C17H15F2NO5. The summed E-state index contributed by atoms with van der Waals surface area (Å²) in [6.45, 7) is -0.0763. The number of aliphatic hydroxyl groups is 1. The second-order valence-electron chi connectivity index (χ2n) is 5.35. The molecule has 0 radical (unpaired) electrons. The van der Waals surface area contributed by atoms with Gasteiger partial charge in [0, 0.05) is 24.2 Å². The third-order valence-corrected chi connectivity index (χ3v) is 3.41. The molecule has 8 heteroatoms. The lowest BCUT2D eigenvalue weighted by Gasteiger charge is -2.13. The SMILES string of the molecule is O=C(NC[C@@H](O)COc1ccc2c(c1)OCO2)c1cc(F)cc(F)c1. The molecule has 132 valence electrons. The number of halogens is 2. The highest BCUT2D eigenvalue weighted by Crippen LogP contribution is 2.35. The lowest BCUT2D eigenvalue weighted by molar-refractivity contribution is 0.0843. The quantitative estimate of drug-likeness (QED) is 0.831. The number of rotatable bonds is 6. The first kappa shape index (κ1) is 17.0. The third-order valence-electron chi connectivity index (χ3n) is 3.41. The topological polar surface area (TPSA) is 77.0 Å². The van der Waals surface area contributed by atoms with Crippen LogP contribution in [0.5, 0.6) is 17.2 Å². The van der Waals surface area contributed by atoms with Gasteiger partial charge in [0.1, 0.15) is 30.1 Å². The monoisotopic (exact) mass is 351 g/mol. The van der Waals surface area contributed by atoms with Gasteiger partial charge in [0.05, 0.1) is 0 Å². The molecular weight excluding hydrogens is 336 g/mol. The Balaban J connectivity index is 1.47. The second-order valence-corrected chi connectivity index (χ2v) is 5.35. The van der Waals surface area contributed by atoms with E-state index >= 15 is 0 Å². The number of aliphatic hydroxyl groups excluding tert-OH is 1. The van der Waals surface area contributed by atoms with E-state index in [9.17, 15) is 18.7 Å². The molecule has 0 bridgehead atoms. The van der Waals surface area contributed by atoms with Crippen molar-refractivity contribution < 1.29 is 32.9 Å². The van der Waals surface area contributed by atoms with Gasteiger partial charge >= 0.3 is 0 Å². The molecule has 1 heterocycles. The van der Waals surface area contributed by atoms with Crippen molar-refractivity contribution in [1.82, 2.24) is 5.32 Å². The Bertz CT molecular complexity index is 763. The highest BCUT2D eigenvalue weighted by molar-refractivity contribution is 5.94. The van der Waals surface area contributed by atoms with Crippen LogP contribution in [0.25, 0.3) is 0 Å². The molecule has 2 aromatic rings. The second kappa shape index (κ2) is 7.35. The van der Waals surface area contributed by atoms with Crippen LogP contribution in [-0.4, -0.2) is 37.1 Å². The summed E-state index contributed by atoms with van der Waals surface area (Å²) >= 11 is 0. The maximum Gasteiger partial charge on any atom is 0.251 e. The van der Waals surface area contributed by atoms with E-state index in [0.717, 1.165) is 12.1 Å². The van der Waals surface area contributed by atoms with Gasteiger partial charge < -0.3 is 24.6 Å². The maximum atomic E-state index is 13.1. The molecule has 2 aromatic carbocycles. The molecule has 1 amide bonds. The summed E-state index contributed by atoms with van der Waals surface area (Å²) in [5.74, 6) is -0.757. The minimum atomic E-state index is -1.01. The molecule has 0 fully saturated rings. The van der Waals surface area contributed by atoms with E-state index in [1.54, 1.807) is 18.2 Å². The molecule has 1 aliphatic heterocycles. The van der Waals surface area contributed by atoms with E-state index in [-0.39, 0.29) is 25.5 Å². The highest BCUT2D eigenvalue weighted by atomic mass is 19.1. The van der Waals surface area contributed by atoms with Crippen LogP contribution in [0.3, 0.4) is 0 Å². The number of nitrogens with one attached hydrogen (secondary N) is 1. The minimum Gasteiger partial charge on any atom is -0.491 e. The van der Waals surface area contributed by atoms with E-state index in [4.69, 9.17) is 14.2 Å². The van der Waals surface area contributed by atoms with Crippen molar-refractivity contribution in [2.75, 3.05) is 19.9 Å². The number of fused-ring (bicyclic) bond motifs is 1. The van der Waals surface area contributed by atoms with E-state index in [2.05, 4.69) is 5.32 Å². The summed E-state index contributed by atoms with van der Waals surface area (Å²) in [5.41, 5.74) is -0.165. The number of hydrogen-bond donors (Lipinski definition) is 2. The van der Waals surface area contributed by atoms with Gasteiger partial charge in [-0.1, -0.05) is 0 Å². The van der Waals surface area contributed by atoms with E-state index in [0.29, 0.717) is 23.3 Å². The van der Waals surface area contributed by atoms with Crippen LogP contribution in [-0.2, 0) is 0 Å². The molecule has 1 aliphatic rings. The van der Waals surface area contributed by atoms with Crippen molar-refractivity contribution in [2.24, 2.45) is 0 Å². The first-order chi connectivity index (χ1) is 12.0. The standard InChI is InChI=1S/C17H15F2NO5/c18-11-3-10(4-12(19)5-11)17(22)20-7-13(21)8-23-14-1-2-15-16(6-14)25-9-24-15/h1-6,13,21H,7-9H2,(H,20,22)/t13-/m1/s1. The van der Waals surface area contributed by atoms with Crippen molar-refractivity contribution in [3.05, 3.63) is 53.6 Å². The summed E-state index contributed by atoms with van der Waals surface area (Å²) in [7, 11) is 0. The summed E-state index contributed by atoms with van der Waals surface area (Å²) in [4.78, 5) is 11.8. The van der Waals surface area contributed by atoms with Gasteiger partial charge in [0.25, 0.3) is 5.91 Å². The first-order valence-corrected chi connectivity index (χ1v) is 7.46. The molecule has 0 unspecified atom stereocenters. The average Bonchev–Trinajstić information content (AvgIpc) is 3.04. The van der Waals surface area contributed by atoms with E-state index in [1.165, 1.54) is 0 Å². The summed E-state index contributed by atoms with van der Waals surface area (Å²) in [6, 6.07) is 7.47. The van der Waals surface area contributed by atoms with Gasteiger partial charge in [-0.2, -0.15) is 0 Å². The van der Waals surface area contributed by atoms with Crippen molar-refractivity contribution in [3.63, 3.8) is 0 Å². The van der Waals surface area contributed by atoms with Crippen molar-refractivity contribution in [2.45, 2.75) is 6.10 Å². The number of benzene rings is 2. The third kappa shape index (κ3) is 4.36. The molecule has 0 aliphatic carbocycles. The molecule has 3 rings (SSSR count). The molecule has 0 spiro atoms. The van der Waals surface area contributed by atoms with Gasteiger partial charge in [-0.3, -0.25) is 4.79 Å². The van der Waals surface area contributed by atoms with Crippen LogP contribution in [0.1, 0.15) is 10.4 Å². The van der Waals surface area contributed by atoms with Crippen molar-refractivity contribution in [1.29, 1.82) is 0 Å². The molecule has 0 saturated heterocycles. The van der Waals surface area contributed by atoms with Crippen LogP contribution < -0.4 is 19.5 Å². The fourth-order valence-electron chi connectivity index (χ4n) is 2.22. The Morgan fingerprint density at radius 3 is 2.64 bits per heavy atom. The minimum absolute atomic E-state index is 0.0859. The molecule has 6 nitrogen and oxygen atoms in total. The van der Waals surface area contributed by atoms with Crippen LogP contribution in [0.4, 0.5) is 8.78 Å². The average molecular weight is 351 g/mol. The number of ether oxygens (including phenoxy) is 3. The summed E-state index contributed by atoms with van der Waals surface area (Å²) in [6.07, 6.45) is -1.01. The van der Waals surface area contributed by atoms with E-state index < -0.39 is 23.6 Å². The Morgan fingerprint density at radius 2 is 1.88 bits per heavy atom. The van der Waals surface area contributed by atoms with Gasteiger partial charge in [-0.15, -0.1) is 0 Å². The van der Waals surface area contributed by atoms with Crippen LogP contribution >= 0.6 is 0 Å². The zero-order chi connectivity index (χ0) is 17.8.